The average molecular weight is 663 g/mol. The molecule has 1 unspecified atom stereocenters. The minimum Gasteiger partial charge on any atom is -0.393 e. The maximum absolute atomic E-state index is 15.0. The van der Waals surface area contributed by atoms with E-state index in [1.54, 1.807) is 0 Å². The van der Waals surface area contributed by atoms with Gasteiger partial charge in [0, 0.05) is 25.0 Å². The summed E-state index contributed by atoms with van der Waals surface area (Å²) < 4.78 is 0. The molecule has 1 saturated heterocycles. The number of carbonyl (C=O) groups is 2. The van der Waals surface area contributed by atoms with Crippen LogP contribution in [0.15, 0.2) is 0 Å². The van der Waals surface area contributed by atoms with Crippen LogP contribution >= 0.6 is 0 Å². The zero-order chi connectivity index (χ0) is 34.3. The summed E-state index contributed by atoms with van der Waals surface area (Å²) in [6, 6.07) is 0.0936. The maximum Gasteiger partial charge on any atom is 0.226 e. The van der Waals surface area contributed by atoms with Gasteiger partial charge in [-0.1, -0.05) is 55.4 Å². The molecule has 12 atom stereocenters. The van der Waals surface area contributed by atoms with Gasteiger partial charge < -0.3 is 15.3 Å². The molecule has 0 aromatic carbocycles. The molecule has 0 radical (unpaired) electrons. The van der Waals surface area contributed by atoms with Crippen molar-refractivity contribution >= 4 is 11.8 Å². The standard InChI is InChI=1S/C43H70N2O3/c1-37(2)29(35(47)45-24-10-9-11-25-45)26-32(37)44-36(48)43-19-14-27(39(5)20-21-39)34(43)28-12-13-31-40(6)17-16-33(46)38(3,4)30(40)15-18-42(31,8)41(28,7)22-23-43/h27-34,46H,9-26H2,1-8H3,(H,44,48)/t27-,28-,29-,30+,31-,32-,33+,34?,40+,41-,42-,43+/m1/s1. The normalized spacial score (nSPS) is 51.3. The Kier molecular flexibility index (Phi) is 7.60. The number of rotatable bonds is 4. The van der Waals surface area contributed by atoms with Crippen molar-refractivity contribution < 1.29 is 14.7 Å². The number of nitrogens with zero attached hydrogens (tertiary/aromatic N) is 1. The molecule has 7 aliphatic carbocycles. The lowest BCUT2D eigenvalue weighted by Gasteiger charge is -2.73. The molecular formula is C43H70N2O3. The molecule has 5 nitrogen and oxygen atoms in total. The van der Waals surface area contributed by atoms with E-state index in [0.29, 0.717) is 46.8 Å². The minimum atomic E-state index is -0.250. The van der Waals surface area contributed by atoms with Crippen molar-refractivity contribution in [1.82, 2.24) is 10.2 Å². The van der Waals surface area contributed by atoms with Crippen molar-refractivity contribution in [3.63, 3.8) is 0 Å². The summed E-state index contributed by atoms with van der Waals surface area (Å²) >= 11 is 0. The van der Waals surface area contributed by atoms with Crippen LogP contribution in [0.3, 0.4) is 0 Å². The number of likely N-dealkylation sites (tertiary alicyclic amines) is 1. The van der Waals surface area contributed by atoms with Gasteiger partial charge in [0.25, 0.3) is 0 Å². The topological polar surface area (TPSA) is 69.6 Å². The monoisotopic (exact) mass is 663 g/mol. The van der Waals surface area contributed by atoms with Gasteiger partial charge in [0.1, 0.15) is 0 Å². The highest BCUT2D eigenvalue weighted by Crippen LogP contribution is 2.79. The number of hydrogen-bond acceptors (Lipinski definition) is 3. The van der Waals surface area contributed by atoms with Gasteiger partial charge in [-0.3, -0.25) is 9.59 Å². The van der Waals surface area contributed by atoms with Crippen molar-refractivity contribution in [2.24, 2.45) is 73.4 Å². The molecule has 2 N–H and O–H groups in total. The number of hydrogen-bond donors (Lipinski definition) is 2. The molecule has 7 saturated carbocycles. The lowest BCUT2D eigenvalue weighted by atomic mass is 9.32. The second-order valence-electron chi connectivity index (χ2n) is 21.5. The smallest absolute Gasteiger partial charge is 0.226 e. The van der Waals surface area contributed by atoms with E-state index < -0.39 is 0 Å². The Balaban J connectivity index is 1.07. The van der Waals surface area contributed by atoms with Crippen LogP contribution in [-0.4, -0.2) is 47.1 Å². The third kappa shape index (κ3) is 4.36. The first-order valence-electron chi connectivity index (χ1n) is 20.7. The number of aliphatic hydroxyl groups excluding tert-OH is 1. The Morgan fingerprint density at radius 2 is 1.38 bits per heavy atom. The molecule has 270 valence electrons. The van der Waals surface area contributed by atoms with Gasteiger partial charge in [0.15, 0.2) is 0 Å². The van der Waals surface area contributed by atoms with Crippen LogP contribution in [0.1, 0.15) is 158 Å². The lowest BCUT2D eigenvalue weighted by molar-refractivity contribution is -0.248. The zero-order valence-corrected chi connectivity index (χ0v) is 32.1. The van der Waals surface area contributed by atoms with Gasteiger partial charge in [-0.2, -0.15) is 0 Å². The molecule has 5 heteroatoms. The predicted molar refractivity (Wildman–Crippen MR) is 192 cm³/mol. The fourth-order valence-electron chi connectivity index (χ4n) is 15.5. The van der Waals surface area contributed by atoms with E-state index in [9.17, 15) is 9.90 Å². The lowest BCUT2D eigenvalue weighted by Crippen LogP contribution is -2.68. The molecule has 0 bridgehead atoms. The third-order valence-corrected chi connectivity index (χ3v) is 19.3. The number of fused-ring (bicyclic) bond motifs is 7. The van der Waals surface area contributed by atoms with Gasteiger partial charge in [-0.25, -0.2) is 0 Å². The molecule has 1 heterocycles. The SMILES string of the molecule is CC1([C@@H]2CC[C@]3(C(=O)N[C@@H]4C[C@H](C(=O)N5CCCCC5)C4(C)C)CC[C@]4(C)[C@H](CC[C@@H]5[C@@]6(C)CC[C@H](O)C(C)(C)[C@@H]6CC[C@]54C)C23)CC1. The molecular weight excluding hydrogens is 592 g/mol. The van der Waals surface area contributed by atoms with E-state index in [-0.39, 0.29) is 50.6 Å². The highest BCUT2D eigenvalue weighted by atomic mass is 16.3. The zero-order valence-electron chi connectivity index (χ0n) is 32.1. The highest BCUT2D eigenvalue weighted by Gasteiger charge is 2.73. The fourth-order valence-corrected chi connectivity index (χ4v) is 15.5. The van der Waals surface area contributed by atoms with Gasteiger partial charge in [0.2, 0.25) is 11.8 Å². The van der Waals surface area contributed by atoms with E-state index in [4.69, 9.17) is 0 Å². The van der Waals surface area contributed by atoms with Gasteiger partial charge in [-0.15, -0.1) is 0 Å². The minimum absolute atomic E-state index is 0.0182. The number of aliphatic hydroxyl groups is 1. The van der Waals surface area contributed by atoms with E-state index in [1.165, 1.54) is 57.8 Å². The summed E-state index contributed by atoms with van der Waals surface area (Å²) in [5.74, 6) is 3.74. The first-order chi connectivity index (χ1) is 22.5. The van der Waals surface area contributed by atoms with Crippen molar-refractivity contribution in [2.75, 3.05) is 13.1 Å². The molecule has 48 heavy (non-hydrogen) atoms. The second-order valence-corrected chi connectivity index (χ2v) is 21.5. The van der Waals surface area contributed by atoms with Crippen LogP contribution in [0.4, 0.5) is 0 Å². The average Bonchev–Trinajstić information content (AvgIpc) is 3.66. The summed E-state index contributed by atoms with van der Waals surface area (Å²) in [5, 5.41) is 14.9. The van der Waals surface area contributed by atoms with Crippen LogP contribution in [-0.2, 0) is 9.59 Å². The largest absolute Gasteiger partial charge is 0.393 e. The van der Waals surface area contributed by atoms with Crippen molar-refractivity contribution in [3.8, 4) is 0 Å². The molecule has 0 aromatic heterocycles. The molecule has 0 aromatic rings. The van der Waals surface area contributed by atoms with E-state index in [0.717, 1.165) is 58.0 Å². The molecule has 8 rings (SSSR count). The van der Waals surface area contributed by atoms with Crippen LogP contribution in [0, 0.1) is 73.4 Å². The number of amides is 2. The summed E-state index contributed by atoms with van der Waals surface area (Å²) in [6.45, 7) is 21.6. The second kappa shape index (κ2) is 10.7. The Hall–Kier alpha value is -1.10. The summed E-state index contributed by atoms with van der Waals surface area (Å²) in [5.41, 5.74) is 0.755. The molecule has 8 aliphatic rings. The number of piperidine rings is 1. The van der Waals surface area contributed by atoms with Crippen molar-refractivity contribution in [1.29, 1.82) is 0 Å². The Labute approximate surface area is 292 Å². The van der Waals surface area contributed by atoms with Gasteiger partial charge in [0.05, 0.1) is 11.5 Å². The van der Waals surface area contributed by atoms with E-state index >= 15 is 4.79 Å². The Bertz CT molecular complexity index is 1330. The van der Waals surface area contributed by atoms with Crippen molar-refractivity contribution in [2.45, 2.75) is 170 Å². The van der Waals surface area contributed by atoms with Crippen LogP contribution in [0.25, 0.3) is 0 Å². The molecule has 8 fully saturated rings. The number of carbonyl (C=O) groups excluding carboxylic acids is 2. The fraction of sp³-hybridized carbons (Fsp3) is 0.953. The summed E-state index contributed by atoms with van der Waals surface area (Å²) in [4.78, 5) is 30.7. The highest BCUT2D eigenvalue weighted by molar-refractivity contribution is 5.86. The van der Waals surface area contributed by atoms with E-state index in [1.807, 2.05) is 0 Å². The first-order valence-corrected chi connectivity index (χ1v) is 20.7. The van der Waals surface area contributed by atoms with Crippen molar-refractivity contribution in [3.05, 3.63) is 0 Å². The number of nitrogens with one attached hydrogen (secondary N) is 1. The molecule has 2 amide bonds. The summed E-state index contributed by atoms with van der Waals surface area (Å²) in [6.07, 6.45) is 18.5. The Morgan fingerprint density at radius 1 is 0.667 bits per heavy atom. The third-order valence-electron chi connectivity index (χ3n) is 19.3. The molecule has 0 spiro atoms. The van der Waals surface area contributed by atoms with Gasteiger partial charge in [-0.05, 0) is 165 Å². The van der Waals surface area contributed by atoms with E-state index in [2.05, 4.69) is 65.6 Å². The van der Waals surface area contributed by atoms with Crippen LogP contribution in [0.5, 0.6) is 0 Å². The first kappa shape index (κ1) is 34.0. The molecule has 1 aliphatic heterocycles. The van der Waals surface area contributed by atoms with Gasteiger partial charge >= 0.3 is 0 Å². The quantitative estimate of drug-likeness (QED) is 0.316. The van der Waals surface area contributed by atoms with Crippen LogP contribution in [0.2, 0.25) is 0 Å². The maximum atomic E-state index is 15.0. The Morgan fingerprint density at radius 3 is 2.04 bits per heavy atom. The summed E-state index contributed by atoms with van der Waals surface area (Å²) in [7, 11) is 0. The predicted octanol–water partition coefficient (Wildman–Crippen LogP) is 8.77. The van der Waals surface area contributed by atoms with Crippen LogP contribution < -0.4 is 5.32 Å².